The molecular weight excluding hydrogens is 404 g/mol. The summed E-state index contributed by atoms with van der Waals surface area (Å²) in [6.45, 7) is 8.07. The number of thioether (sulfide) groups is 1. The summed E-state index contributed by atoms with van der Waals surface area (Å²) in [5.74, 6) is 1.50. The molecular formula is C21H24N4O2S2. The minimum absolute atomic E-state index is 0.166. The Morgan fingerprint density at radius 1 is 1.21 bits per heavy atom. The minimum Gasteiger partial charge on any atom is -0.355 e. The van der Waals surface area contributed by atoms with Crippen LogP contribution in [0.25, 0.3) is 11.7 Å². The van der Waals surface area contributed by atoms with Crippen molar-refractivity contribution in [1.82, 2.24) is 14.3 Å². The molecule has 6 nitrogen and oxygen atoms in total. The van der Waals surface area contributed by atoms with Crippen molar-refractivity contribution in [1.29, 1.82) is 0 Å². The lowest BCUT2D eigenvalue weighted by molar-refractivity contribution is -0.121. The van der Waals surface area contributed by atoms with E-state index in [-0.39, 0.29) is 11.5 Å². The van der Waals surface area contributed by atoms with Gasteiger partial charge in [0.05, 0.1) is 10.5 Å². The van der Waals surface area contributed by atoms with Gasteiger partial charge >= 0.3 is 0 Å². The summed E-state index contributed by atoms with van der Waals surface area (Å²) in [5, 5.41) is 0. The number of hydrogen-bond donors (Lipinski definition) is 0. The summed E-state index contributed by atoms with van der Waals surface area (Å²) in [4.78, 5) is 34.9. The second kappa shape index (κ2) is 7.57. The molecule has 2 aromatic heterocycles. The number of fused-ring (bicyclic) bond motifs is 1. The Hall–Kier alpha value is -2.19. The molecule has 2 fully saturated rings. The predicted octanol–water partition coefficient (Wildman–Crippen LogP) is 3.32. The summed E-state index contributed by atoms with van der Waals surface area (Å²) < 4.78 is 2.06. The highest BCUT2D eigenvalue weighted by atomic mass is 32.2. The first-order valence-corrected chi connectivity index (χ1v) is 11.0. The van der Waals surface area contributed by atoms with Gasteiger partial charge in [-0.3, -0.25) is 18.9 Å². The van der Waals surface area contributed by atoms with E-state index in [2.05, 4.69) is 18.7 Å². The Morgan fingerprint density at radius 2 is 1.90 bits per heavy atom. The van der Waals surface area contributed by atoms with E-state index in [1.54, 1.807) is 23.7 Å². The number of pyridine rings is 1. The number of carbonyl (C=O) groups excluding carboxylic acids is 1. The third kappa shape index (κ3) is 3.71. The zero-order valence-electron chi connectivity index (χ0n) is 17.0. The quantitative estimate of drug-likeness (QED) is 0.540. The second-order valence-electron chi connectivity index (χ2n) is 8.18. The largest absolute Gasteiger partial charge is 0.355 e. The monoisotopic (exact) mass is 428 g/mol. The minimum atomic E-state index is -0.180. The van der Waals surface area contributed by atoms with Gasteiger partial charge in [-0.05, 0) is 42.9 Å². The van der Waals surface area contributed by atoms with Gasteiger partial charge in [-0.1, -0.05) is 43.9 Å². The Bertz CT molecular complexity index is 1100. The molecule has 0 N–H and O–H groups in total. The number of amides is 1. The number of aryl methyl sites for hydroxylation is 1. The third-order valence-corrected chi connectivity index (χ3v) is 6.90. The lowest BCUT2D eigenvalue weighted by Crippen LogP contribution is -2.40. The van der Waals surface area contributed by atoms with Crippen molar-refractivity contribution >= 4 is 51.7 Å². The summed E-state index contributed by atoms with van der Waals surface area (Å²) in [6.07, 6.45) is 4.62. The van der Waals surface area contributed by atoms with E-state index in [4.69, 9.17) is 17.2 Å². The summed E-state index contributed by atoms with van der Waals surface area (Å²) >= 11 is 6.47. The molecule has 1 amide bonds. The van der Waals surface area contributed by atoms with Crippen molar-refractivity contribution < 1.29 is 4.79 Å². The van der Waals surface area contributed by atoms with Gasteiger partial charge < -0.3 is 4.90 Å². The van der Waals surface area contributed by atoms with Crippen molar-refractivity contribution in [3.05, 3.63) is 44.7 Å². The number of likely N-dealkylation sites (N-methyl/N-ethyl adjacent to an activating group) is 1. The molecule has 4 heterocycles. The zero-order chi connectivity index (χ0) is 20.9. The number of anilines is 1. The number of rotatable bonds is 2. The van der Waals surface area contributed by atoms with Crippen LogP contribution in [0.3, 0.4) is 0 Å². The number of hydrogen-bond acceptors (Lipinski definition) is 6. The second-order valence-corrected chi connectivity index (χ2v) is 9.86. The average molecular weight is 429 g/mol. The molecule has 0 aromatic carbocycles. The molecule has 2 aromatic rings. The van der Waals surface area contributed by atoms with Crippen LogP contribution in [-0.2, 0) is 4.79 Å². The van der Waals surface area contributed by atoms with Crippen LogP contribution in [0.15, 0.2) is 28.0 Å². The fourth-order valence-electron chi connectivity index (χ4n) is 4.13. The average Bonchev–Trinajstić information content (AvgIpc) is 2.90. The molecule has 0 unspecified atom stereocenters. The Kier molecular flexibility index (Phi) is 5.25. The normalized spacial score (nSPS) is 24.2. The predicted molar refractivity (Wildman–Crippen MR) is 122 cm³/mol. The van der Waals surface area contributed by atoms with Crippen molar-refractivity contribution in [3.63, 3.8) is 0 Å². The van der Waals surface area contributed by atoms with E-state index >= 15 is 0 Å². The van der Waals surface area contributed by atoms with Gasteiger partial charge in [-0.25, -0.2) is 4.98 Å². The first-order chi connectivity index (χ1) is 13.7. The van der Waals surface area contributed by atoms with Crippen LogP contribution in [-0.4, -0.2) is 44.6 Å². The highest BCUT2D eigenvalue weighted by molar-refractivity contribution is 8.26. The molecule has 2 atom stereocenters. The van der Waals surface area contributed by atoms with Gasteiger partial charge in [0.15, 0.2) is 0 Å². The van der Waals surface area contributed by atoms with Crippen molar-refractivity contribution in [2.45, 2.75) is 27.2 Å². The van der Waals surface area contributed by atoms with E-state index in [0.29, 0.717) is 38.1 Å². The smallest absolute Gasteiger partial charge is 0.267 e. The van der Waals surface area contributed by atoms with Crippen molar-refractivity contribution in [3.8, 4) is 0 Å². The first-order valence-electron chi connectivity index (χ1n) is 9.74. The molecule has 0 spiro atoms. The highest BCUT2D eigenvalue weighted by Crippen LogP contribution is 2.33. The molecule has 4 rings (SSSR count). The fourth-order valence-corrected chi connectivity index (χ4v) is 5.29. The van der Waals surface area contributed by atoms with E-state index < -0.39 is 0 Å². The van der Waals surface area contributed by atoms with E-state index in [0.717, 1.165) is 25.1 Å². The van der Waals surface area contributed by atoms with Crippen LogP contribution in [0, 0.1) is 18.8 Å². The van der Waals surface area contributed by atoms with Crippen LogP contribution in [0.5, 0.6) is 0 Å². The molecule has 0 bridgehead atoms. The number of thiocarbonyl (C=S) groups is 1. The summed E-state index contributed by atoms with van der Waals surface area (Å²) in [6, 6.07) is 3.82. The van der Waals surface area contributed by atoms with Gasteiger partial charge in [0.25, 0.3) is 11.5 Å². The van der Waals surface area contributed by atoms with Gasteiger partial charge in [0, 0.05) is 26.3 Å². The van der Waals surface area contributed by atoms with Crippen LogP contribution in [0.1, 0.15) is 31.4 Å². The molecule has 8 heteroatoms. The van der Waals surface area contributed by atoms with Crippen LogP contribution in [0.2, 0.25) is 0 Å². The first kappa shape index (κ1) is 20.1. The lowest BCUT2D eigenvalue weighted by Gasteiger charge is -2.36. The molecule has 0 saturated carbocycles. The van der Waals surface area contributed by atoms with E-state index in [9.17, 15) is 9.59 Å². The topological polar surface area (TPSA) is 57.9 Å². The molecule has 0 aliphatic carbocycles. The lowest BCUT2D eigenvalue weighted by atomic mass is 9.91. The molecule has 29 heavy (non-hydrogen) atoms. The van der Waals surface area contributed by atoms with E-state index in [1.807, 2.05) is 19.1 Å². The maximum atomic E-state index is 13.4. The number of nitrogens with zero attached hydrogens (tertiary/aromatic N) is 4. The summed E-state index contributed by atoms with van der Waals surface area (Å²) in [5.41, 5.74) is 1.87. The number of piperidine rings is 1. The van der Waals surface area contributed by atoms with Gasteiger partial charge in [0.1, 0.15) is 15.8 Å². The van der Waals surface area contributed by atoms with Crippen LogP contribution < -0.4 is 10.5 Å². The van der Waals surface area contributed by atoms with E-state index in [1.165, 1.54) is 16.7 Å². The Morgan fingerprint density at radius 3 is 2.52 bits per heavy atom. The molecule has 0 radical (unpaired) electrons. The standard InChI is InChI=1S/C21H24N4O2S2/c1-12-5-6-17-22-18(24-9-13(2)7-14(3)10-24)15(19(26)25(17)11-12)8-16-20(27)23(4)21(28)29-16/h5-6,8,11,13-14H,7,9-10H2,1-4H3/b16-8+/t13-,14-/m0/s1. The molecule has 2 aliphatic rings. The Balaban J connectivity index is 1.93. The SMILES string of the molecule is Cc1ccc2nc(N3C[C@@H](C)C[C@H](C)C3)c(/C=C3/SC(=S)N(C)C3=O)c(=O)n2c1. The number of aromatic nitrogens is 2. The van der Waals surface area contributed by atoms with Crippen LogP contribution >= 0.6 is 24.0 Å². The zero-order valence-corrected chi connectivity index (χ0v) is 18.6. The van der Waals surface area contributed by atoms with Gasteiger partial charge in [-0.15, -0.1) is 0 Å². The number of carbonyl (C=O) groups is 1. The highest BCUT2D eigenvalue weighted by Gasteiger charge is 2.31. The van der Waals surface area contributed by atoms with Crippen molar-refractivity contribution in [2.24, 2.45) is 11.8 Å². The Labute approximate surface area is 179 Å². The third-order valence-electron chi connectivity index (χ3n) is 5.42. The van der Waals surface area contributed by atoms with Crippen molar-refractivity contribution in [2.75, 3.05) is 25.0 Å². The molecule has 2 saturated heterocycles. The maximum absolute atomic E-state index is 13.4. The molecule has 2 aliphatic heterocycles. The van der Waals surface area contributed by atoms with Gasteiger partial charge in [-0.2, -0.15) is 0 Å². The maximum Gasteiger partial charge on any atom is 0.267 e. The van der Waals surface area contributed by atoms with Crippen LogP contribution in [0.4, 0.5) is 5.82 Å². The fraction of sp³-hybridized carbons (Fsp3) is 0.429. The molecule has 152 valence electrons. The summed E-state index contributed by atoms with van der Waals surface area (Å²) in [7, 11) is 1.66. The van der Waals surface area contributed by atoms with Gasteiger partial charge in [0.2, 0.25) is 0 Å².